The first-order chi connectivity index (χ1) is 16.7. The fourth-order valence-corrected chi connectivity index (χ4v) is 4.25. The number of aromatic amines is 1. The Hall–Kier alpha value is -4.86. The van der Waals surface area contributed by atoms with Crippen LogP contribution in [0.2, 0.25) is 0 Å². The van der Waals surface area contributed by atoms with E-state index in [2.05, 4.69) is 20.3 Å². The van der Waals surface area contributed by atoms with Gasteiger partial charge >= 0.3 is 5.97 Å². The highest BCUT2D eigenvalue weighted by atomic mass is 16.5. The molecule has 0 aliphatic heterocycles. The number of carbonyl (C=O) groups excluding carboxylic acids is 4. The van der Waals surface area contributed by atoms with Crippen LogP contribution in [0.3, 0.4) is 0 Å². The molecule has 1 aromatic carbocycles. The number of nitrogens with zero attached hydrogens (tertiary/aromatic N) is 2. The van der Waals surface area contributed by atoms with Gasteiger partial charge in [-0.1, -0.05) is 0 Å². The van der Waals surface area contributed by atoms with Crippen LogP contribution in [0.1, 0.15) is 43.8 Å². The maximum Gasteiger partial charge on any atom is 0.356 e. The van der Waals surface area contributed by atoms with Crippen molar-refractivity contribution in [1.82, 2.24) is 20.3 Å². The number of ketones is 2. The number of Topliss-reactive ketones (excluding diaryl/α,β-unsaturated/α-hetero) is 1. The van der Waals surface area contributed by atoms with Crippen molar-refractivity contribution in [3.05, 3.63) is 64.6 Å². The zero-order valence-corrected chi connectivity index (χ0v) is 18.8. The number of esters is 1. The van der Waals surface area contributed by atoms with Gasteiger partial charge in [0.2, 0.25) is 11.7 Å². The van der Waals surface area contributed by atoms with Crippen LogP contribution in [0.25, 0.3) is 33.2 Å². The van der Waals surface area contributed by atoms with Gasteiger partial charge in [0.25, 0.3) is 0 Å². The number of H-pyrrole nitrogens is 1. The van der Waals surface area contributed by atoms with Gasteiger partial charge in [-0.25, -0.2) is 14.8 Å². The number of ether oxygens (including phenoxy) is 1. The molecule has 1 aliphatic carbocycles. The Morgan fingerprint density at radius 1 is 1.09 bits per heavy atom. The molecule has 174 valence electrons. The van der Waals surface area contributed by atoms with E-state index in [4.69, 9.17) is 4.74 Å². The average molecular weight is 470 g/mol. The molecule has 0 atom stereocenters. The van der Waals surface area contributed by atoms with Crippen molar-refractivity contribution >= 4 is 45.2 Å². The number of hydrogen-bond donors (Lipinski definition) is 3. The number of pyridine rings is 2. The van der Waals surface area contributed by atoms with Gasteiger partial charge in [-0.15, -0.1) is 0 Å². The van der Waals surface area contributed by atoms with Crippen LogP contribution in [-0.2, 0) is 9.53 Å². The lowest BCUT2D eigenvalue weighted by Crippen LogP contribution is -2.30. The highest BCUT2D eigenvalue weighted by molar-refractivity contribution is 6.24. The van der Waals surface area contributed by atoms with E-state index in [1.165, 1.54) is 32.2 Å². The first-order valence-electron chi connectivity index (χ1n) is 10.5. The number of allylic oxidation sites excluding steroid dienone is 2. The van der Waals surface area contributed by atoms with E-state index in [0.29, 0.717) is 27.4 Å². The van der Waals surface area contributed by atoms with Crippen molar-refractivity contribution in [3.63, 3.8) is 0 Å². The predicted octanol–water partition coefficient (Wildman–Crippen LogP) is 2.98. The summed E-state index contributed by atoms with van der Waals surface area (Å²) in [6.45, 7) is 2.95. The van der Waals surface area contributed by atoms with E-state index in [-0.39, 0.29) is 39.8 Å². The Morgan fingerprint density at radius 3 is 2.57 bits per heavy atom. The van der Waals surface area contributed by atoms with Crippen LogP contribution in [0.15, 0.2) is 42.1 Å². The molecule has 0 radical (unpaired) electrons. The third kappa shape index (κ3) is 3.43. The number of hydrogen-bond acceptors (Lipinski definition) is 8. The molecule has 0 fully saturated rings. The SMILES string of the molecule is COC(=O)c1nc(-c2ccc3c(n2)C(=O)C(NC(C)=O)=CC3=O)c2[nH]c3ccc(O)cc3c2c1C. The number of methoxy groups -OCH3 is 1. The molecule has 4 aromatic rings. The molecular weight excluding hydrogens is 452 g/mol. The summed E-state index contributed by atoms with van der Waals surface area (Å²) in [5.41, 5.74) is 2.04. The number of rotatable bonds is 3. The summed E-state index contributed by atoms with van der Waals surface area (Å²) in [5, 5.41) is 13.7. The molecular formula is C25H18N4O6. The molecule has 3 N–H and O–H groups in total. The van der Waals surface area contributed by atoms with E-state index in [9.17, 15) is 24.3 Å². The molecule has 0 bridgehead atoms. The molecule has 0 saturated carbocycles. The minimum atomic E-state index is -0.666. The summed E-state index contributed by atoms with van der Waals surface area (Å²) in [4.78, 5) is 61.7. The molecule has 3 aromatic heterocycles. The van der Waals surface area contributed by atoms with Gasteiger partial charge < -0.3 is 20.1 Å². The maximum absolute atomic E-state index is 13.0. The second-order valence-electron chi connectivity index (χ2n) is 8.06. The van der Waals surface area contributed by atoms with Crippen molar-refractivity contribution in [1.29, 1.82) is 0 Å². The third-order valence-electron chi connectivity index (χ3n) is 5.80. The molecule has 35 heavy (non-hydrogen) atoms. The van der Waals surface area contributed by atoms with Gasteiger partial charge in [-0.05, 0) is 42.8 Å². The Bertz CT molecular complexity index is 1660. The number of phenols is 1. The van der Waals surface area contributed by atoms with Crippen molar-refractivity contribution in [3.8, 4) is 17.1 Å². The maximum atomic E-state index is 13.0. The van der Waals surface area contributed by atoms with Crippen LogP contribution >= 0.6 is 0 Å². The minimum Gasteiger partial charge on any atom is -0.508 e. The summed E-state index contributed by atoms with van der Waals surface area (Å²) < 4.78 is 4.91. The summed E-state index contributed by atoms with van der Waals surface area (Å²) >= 11 is 0. The highest BCUT2D eigenvalue weighted by Crippen LogP contribution is 2.37. The van der Waals surface area contributed by atoms with Crippen molar-refractivity contribution in [2.24, 2.45) is 0 Å². The second kappa shape index (κ2) is 7.87. The Labute approximate surface area is 197 Å². The summed E-state index contributed by atoms with van der Waals surface area (Å²) in [7, 11) is 1.24. The standard InChI is InChI=1S/C25H18N4O6/c1-10-19-14-8-12(31)4-6-15(14)27-23(19)22(29-20(10)25(34)35-3)16-7-5-13-18(32)9-17(26-11(2)30)24(33)21(13)28-16/h4-9,27,31H,1-3H3,(H,26,30). The van der Waals surface area contributed by atoms with E-state index in [0.717, 1.165) is 6.08 Å². The number of carbonyl (C=O) groups is 4. The van der Waals surface area contributed by atoms with Gasteiger partial charge in [0.15, 0.2) is 11.5 Å². The molecule has 0 saturated heterocycles. The van der Waals surface area contributed by atoms with Gasteiger partial charge in [0, 0.05) is 29.3 Å². The molecule has 10 nitrogen and oxygen atoms in total. The molecule has 1 amide bonds. The summed E-state index contributed by atoms with van der Waals surface area (Å²) in [6.07, 6.45) is 1.06. The monoisotopic (exact) mass is 470 g/mol. The topological polar surface area (TPSA) is 151 Å². The van der Waals surface area contributed by atoms with Gasteiger partial charge in [-0.3, -0.25) is 14.4 Å². The quantitative estimate of drug-likeness (QED) is 0.387. The fraction of sp³-hybridized carbons (Fsp3) is 0.120. The number of benzene rings is 1. The van der Waals surface area contributed by atoms with Crippen molar-refractivity contribution in [2.45, 2.75) is 13.8 Å². The largest absolute Gasteiger partial charge is 0.508 e. The Balaban J connectivity index is 1.79. The minimum absolute atomic E-state index is 0.0417. The lowest BCUT2D eigenvalue weighted by Gasteiger charge is -2.16. The number of aromatic hydroxyl groups is 1. The van der Waals surface area contributed by atoms with Crippen LogP contribution in [-0.4, -0.2) is 50.6 Å². The molecule has 5 rings (SSSR count). The molecule has 3 heterocycles. The number of fused-ring (bicyclic) bond motifs is 4. The summed E-state index contributed by atoms with van der Waals surface area (Å²) in [6, 6.07) is 7.78. The smallest absolute Gasteiger partial charge is 0.356 e. The van der Waals surface area contributed by atoms with Crippen LogP contribution in [0.5, 0.6) is 5.75 Å². The highest BCUT2D eigenvalue weighted by Gasteiger charge is 2.29. The van der Waals surface area contributed by atoms with Crippen LogP contribution in [0.4, 0.5) is 0 Å². The second-order valence-corrected chi connectivity index (χ2v) is 8.06. The average Bonchev–Trinajstić information content (AvgIpc) is 3.20. The van der Waals surface area contributed by atoms with Crippen LogP contribution in [0, 0.1) is 6.92 Å². The first-order valence-corrected chi connectivity index (χ1v) is 10.5. The van der Waals surface area contributed by atoms with E-state index >= 15 is 0 Å². The van der Waals surface area contributed by atoms with E-state index in [1.807, 2.05) is 0 Å². The van der Waals surface area contributed by atoms with E-state index in [1.54, 1.807) is 19.1 Å². The number of amides is 1. The molecule has 0 spiro atoms. The Kier molecular flexibility index (Phi) is 4.94. The normalized spacial score (nSPS) is 13.1. The zero-order chi connectivity index (χ0) is 25.0. The lowest BCUT2D eigenvalue weighted by molar-refractivity contribution is -0.118. The lowest BCUT2D eigenvalue weighted by atomic mass is 9.96. The number of phenolic OH excluding ortho intramolecular Hbond substituents is 1. The number of aryl methyl sites for hydroxylation is 1. The van der Waals surface area contributed by atoms with E-state index < -0.39 is 23.4 Å². The Morgan fingerprint density at radius 2 is 1.86 bits per heavy atom. The third-order valence-corrected chi connectivity index (χ3v) is 5.80. The van der Waals surface area contributed by atoms with Gasteiger partial charge in [0.05, 0.1) is 29.6 Å². The zero-order valence-electron chi connectivity index (χ0n) is 18.8. The number of aromatic nitrogens is 3. The fourth-order valence-electron chi connectivity index (χ4n) is 4.25. The van der Waals surface area contributed by atoms with Crippen LogP contribution < -0.4 is 5.32 Å². The molecule has 10 heteroatoms. The molecule has 1 aliphatic rings. The summed E-state index contributed by atoms with van der Waals surface area (Å²) in [5.74, 6) is -2.21. The first kappa shape index (κ1) is 22.0. The predicted molar refractivity (Wildman–Crippen MR) is 125 cm³/mol. The van der Waals surface area contributed by atoms with Crippen molar-refractivity contribution < 1.29 is 29.0 Å². The van der Waals surface area contributed by atoms with Crippen molar-refractivity contribution in [2.75, 3.05) is 7.11 Å². The van der Waals surface area contributed by atoms with Gasteiger partial charge in [-0.2, -0.15) is 0 Å². The molecule has 0 unspecified atom stereocenters. The number of nitrogens with one attached hydrogen (secondary N) is 2. The van der Waals surface area contributed by atoms with Gasteiger partial charge in [0.1, 0.15) is 17.1 Å².